The molecule has 1 amide bonds. The number of ether oxygens (including phenoxy) is 1. The highest BCUT2D eigenvalue weighted by molar-refractivity contribution is 7.83. The molecule has 2 aliphatic rings. The van der Waals surface area contributed by atoms with Crippen LogP contribution in [0.2, 0.25) is 0 Å². The van der Waals surface area contributed by atoms with Gasteiger partial charge in [0, 0.05) is 29.0 Å². The van der Waals surface area contributed by atoms with E-state index in [0.29, 0.717) is 35.4 Å². The van der Waals surface area contributed by atoms with E-state index in [1.807, 2.05) is 49.1 Å². The molecule has 3 atom stereocenters. The maximum atomic E-state index is 15.7. The molecule has 0 spiro atoms. The molecular weight excluding hydrogens is 415 g/mol. The second-order valence-corrected chi connectivity index (χ2v) is 10.2. The molecule has 5 nitrogen and oxygen atoms in total. The predicted molar refractivity (Wildman–Crippen MR) is 121 cm³/mol. The minimum absolute atomic E-state index is 0.0125. The first-order valence-corrected chi connectivity index (χ1v) is 12.1. The Morgan fingerprint density at radius 2 is 1.94 bits per heavy atom. The normalized spacial score (nSPS) is 22.6. The minimum atomic E-state index is -1.22. The number of nitrogens with zero attached hydrogens (tertiary/aromatic N) is 1. The van der Waals surface area contributed by atoms with Gasteiger partial charge in [-0.3, -0.25) is 4.79 Å². The number of carbonyl (C=O) groups is 1. The van der Waals surface area contributed by atoms with Gasteiger partial charge in [0.1, 0.15) is 11.6 Å². The van der Waals surface area contributed by atoms with Gasteiger partial charge in [0.2, 0.25) is 5.91 Å². The zero-order valence-corrected chi connectivity index (χ0v) is 18.8. The number of piperidine rings is 1. The Hall–Kier alpha value is -2.25. The lowest BCUT2D eigenvalue weighted by Crippen LogP contribution is -2.57. The van der Waals surface area contributed by atoms with E-state index in [9.17, 15) is 9.00 Å². The minimum Gasteiger partial charge on any atom is -0.492 e. The molecule has 4 rings (SSSR count). The Morgan fingerprint density at radius 3 is 2.74 bits per heavy atom. The summed E-state index contributed by atoms with van der Waals surface area (Å²) in [5, 5.41) is -0.0395. The van der Waals surface area contributed by atoms with Crippen LogP contribution in [0.25, 0.3) is 11.1 Å². The highest BCUT2D eigenvalue weighted by Crippen LogP contribution is 2.34. The average Bonchev–Trinajstić information content (AvgIpc) is 2.76. The summed E-state index contributed by atoms with van der Waals surface area (Å²) in [5.74, 6) is 0.274. The molecule has 1 N–H and O–H groups in total. The van der Waals surface area contributed by atoms with Crippen LogP contribution in [0.3, 0.4) is 0 Å². The van der Waals surface area contributed by atoms with E-state index in [2.05, 4.69) is 4.72 Å². The highest BCUT2D eigenvalue weighted by Gasteiger charge is 2.36. The molecule has 0 radical (unpaired) electrons. The summed E-state index contributed by atoms with van der Waals surface area (Å²) in [6, 6.07) is 12.3. The number of rotatable bonds is 3. The van der Waals surface area contributed by atoms with Crippen molar-refractivity contribution in [2.75, 3.05) is 13.2 Å². The van der Waals surface area contributed by atoms with E-state index in [1.165, 1.54) is 0 Å². The van der Waals surface area contributed by atoms with Crippen LogP contribution in [-0.4, -0.2) is 45.5 Å². The van der Waals surface area contributed by atoms with Crippen molar-refractivity contribution in [1.82, 2.24) is 9.62 Å². The molecule has 31 heavy (non-hydrogen) atoms. The SMILES string of the molecule is CC(C)S(=O)N[C@H]1CCCN2C(=O)CCOc3ccccc3-c3cccc(c3F)CC12. The van der Waals surface area contributed by atoms with E-state index in [0.717, 1.165) is 12.8 Å². The monoisotopic (exact) mass is 444 g/mol. The van der Waals surface area contributed by atoms with Crippen LogP contribution < -0.4 is 9.46 Å². The first-order chi connectivity index (χ1) is 15.0. The van der Waals surface area contributed by atoms with Gasteiger partial charge in [0.25, 0.3) is 0 Å². The Labute approximate surface area is 185 Å². The molecule has 2 aromatic rings. The maximum absolute atomic E-state index is 15.7. The van der Waals surface area contributed by atoms with Gasteiger partial charge in [-0.05, 0) is 44.7 Å². The third-order valence-electron chi connectivity index (χ3n) is 6.05. The molecule has 2 unspecified atom stereocenters. The van der Waals surface area contributed by atoms with Crippen LogP contribution in [0.1, 0.15) is 38.7 Å². The fourth-order valence-electron chi connectivity index (χ4n) is 4.42. The number of benzene rings is 2. The van der Waals surface area contributed by atoms with Gasteiger partial charge in [0.05, 0.1) is 30.1 Å². The van der Waals surface area contributed by atoms with Crippen LogP contribution in [0.4, 0.5) is 4.39 Å². The molecule has 2 heterocycles. The number of carbonyl (C=O) groups excluding carboxylic acids is 1. The number of nitrogens with one attached hydrogen (secondary N) is 1. The van der Waals surface area contributed by atoms with Gasteiger partial charge in [-0.1, -0.05) is 36.4 Å². The van der Waals surface area contributed by atoms with E-state index in [1.54, 1.807) is 12.1 Å². The van der Waals surface area contributed by atoms with Crippen LogP contribution in [-0.2, 0) is 22.2 Å². The van der Waals surface area contributed by atoms with E-state index in [4.69, 9.17) is 4.74 Å². The van der Waals surface area contributed by atoms with Crippen molar-refractivity contribution in [3.63, 3.8) is 0 Å². The summed E-state index contributed by atoms with van der Waals surface area (Å²) in [6.07, 6.45) is 2.25. The first kappa shape index (κ1) is 22.0. The van der Waals surface area contributed by atoms with Crippen molar-refractivity contribution >= 4 is 16.9 Å². The van der Waals surface area contributed by atoms with Crippen LogP contribution in [0.15, 0.2) is 42.5 Å². The average molecular weight is 445 g/mol. The number of para-hydroxylation sites is 1. The first-order valence-electron chi connectivity index (χ1n) is 10.9. The molecule has 0 saturated carbocycles. The lowest BCUT2D eigenvalue weighted by molar-refractivity contribution is -0.136. The third-order valence-corrected chi connectivity index (χ3v) is 7.44. The molecule has 2 aromatic carbocycles. The van der Waals surface area contributed by atoms with Crippen molar-refractivity contribution in [2.45, 2.75) is 56.9 Å². The molecule has 2 bridgehead atoms. The highest BCUT2D eigenvalue weighted by atomic mass is 32.2. The fraction of sp³-hybridized carbons (Fsp3) is 0.458. The van der Waals surface area contributed by atoms with Crippen LogP contribution >= 0.6 is 0 Å². The molecule has 1 fully saturated rings. The molecule has 7 heteroatoms. The summed E-state index contributed by atoms with van der Waals surface area (Å²) >= 11 is 0. The molecule has 0 aliphatic carbocycles. The Kier molecular flexibility index (Phi) is 6.72. The van der Waals surface area contributed by atoms with E-state index in [-0.39, 0.29) is 42.1 Å². The Morgan fingerprint density at radius 1 is 1.16 bits per heavy atom. The fourth-order valence-corrected chi connectivity index (χ4v) is 5.26. The zero-order chi connectivity index (χ0) is 22.0. The topological polar surface area (TPSA) is 58.6 Å². The second-order valence-electron chi connectivity index (χ2n) is 8.44. The Balaban J connectivity index is 1.76. The summed E-state index contributed by atoms with van der Waals surface area (Å²) < 4.78 is 37.3. The molecule has 166 valence electrons. The third kappa shape index (κ3) is 4.67. The number of halogens is 1. The molecule has 0 aromatic heterocycles. The van der Waals surface area contributed by atoms with Crippen molar-refractivity contribution in [3.8, 4) is 16.9 Å². The van der Waals surface area contributed by atoms with Crippen molar-refractivity contribution in [2.24, 2.45) is 0 Å². The van der Waals surface area contributed by atoms with Crippen molar-refractivity contribution in [1.29, 1.82) is 0 Å². The van der Waals surface area contributed by atoms with Crippen molar-refractivity contribution < 1.29 is 18.1 Å². The predicted octanol–water partition coefficient (Wildman–Crippen LogP) is 3.84. The lowest BCUT2D eigenvalue weighted by Gasteiger charge is -2.42. The smallest absolute Gasteiger partial charge is 0.226 e. The lowest BCUT2D eigenvalue weighted by atomic mass is 9.89. The van der Waals surface area contributed by atoms with Gasteiger partial charge >= 0.3 is 0 Å². The van der Waals surface area contributed by atoms with Gasteiger partial charge in [0.15, 0.2) is 0 Å². The molecular formula is C24H29FN2O3S. The van der Waals surface area contributed by atoms with Crippen LogP contribution in [0.5, 0.6) is 5.75 Å². The maximum Gasteiger partial charge on any atom is 0.226 e. The van der Waals surface area contributed by atoms with Crippen molar-refractivity contribution in [3.05, 3.63) is 53.8 Å². The molecule has 2 aliphatic heterocycles. The quantitative estimate of drug-likeness (QED) is 0.783. The second kappa shape index (κ2) is 9.49. The van der Waals surface area contributed by atoms with E-state index < -0.39 is 11.0 Å². The van der Waals surface area contributed by atoms with Gasteiger partial charge < -0.3 is 9.64 Å². The summed E-state index contributed by atoms with van der Waals surface area (Å²) in [5.41, 5.74) is 1.74. The number of hydrogen-bond acceptors (Lipinski definition) is 3. The summed E-state index contributed by atoms with van der Waals surface area (Å²) in [7, 11) is -1.22. The van der Waals surface area contributed by atoms with Gasteiger partial charge in [-0.2, -0.15) is 0 Å². The Bertz CT molecular complexity index is 981. The van der Waals surface area contributed by atoms with E-state index >= 15 is 4.39 Å². The summed E-state index contributed by atoms with van der Waals surface area (Å²) in [4.78, 5) is 14.9. The summed E-state index contributed by atoms with van der Waals surface area (Å²) in [6.45, 7) is 4.64. The number of fused-ring (bicyclic) bond motifs is 5. The number of hydrogen-bond donors (Lipinski definition) is 1. The van der Waals surface area contributed by atoms with Crippen LogP contribution in [0, 0.1) is 5.82 Å². The zero-order valence-electron chi connectivity index (χ0n) is 18.0. The number of amides is 1. The van der Waals surface area contributed by atoms with Gasteiger partial charge in [-0.15, -0.1) is 0 Å². The standard InChI is InChI=1S/C24H29FN2O3S/c1-16(2)31(29)26-20-10-6-13-27-21(20)15-17-7-5-9-19(24(17)25)18-8-3-4-11-22(18)30-14-12-23(27)28/h3-5,7-9,11,16,20-21,26H,6,10,12-15H2,1-2H3/t20-,21?,31?/m0/s1. The molecule has 1 saturated heterocycles. The van der Waals surface area contributed by atoms with Gasteiger partial charge in [-0.25, -0.2) is 13.3 Å². The largest absolute Gasteiger partial charge is 0.492 e.